The Balaban J connectivity index is 2.28. The van der Waals surface area contributed by atoms with E-state index in [4.69, 9.17) is 0 Å². The monoisotopic (exact) mass is 338 g/mol. The molecule has 1 saturated heterocycles. The van der Waals surface area contributed by atoms with Crippen LogP contribution < -0.4 is 4.72 Å². The second kappa shape index (κ2) is 7.01. The van der Waals surface area contributed by atoms with E-state index >= 15 is 0 Å². The Morgan fingerprint density at radius 1 is 1.17 bits per heavy atom. The standard InChI is InChI=1S/C17H26N2O3S/c1-12(2)16(17(20)19-9-5-6-10-19)18-23(21,22)15-11-13(3)7-8-14(15)4/h7-8,11-12,16,18H,5-6,9-10H2,1-4H3/t16-/m1/s1. The summed E-state index contributed by atoms with van der Waals surface area (Å²) in [5, 5.41) is 0. The molecule has 1 fully saturated rings. The van der Waals surface area contributed by atoms with E-state index in [2.05, 4.69) is 4.72 Å². The number of rotatable bonds is 5. The number of sulfonamides is 1. The number of carbonyl (C=O) groups is 1. The zero-order valence-electron chi connectivity index (χ0n) is 14.3. The SMILES string of the molecule is Cc1ccc(C)c(S(=O)(=O)N[C@@H](C(=O)N2CCCC2)C(C)C)c1. The van der Waals surface area contributed by atoms with Gasteiger partial charge in [0.05, 0.1) is 4.90 Å². The van der Waals surface area contributed by atoms with E-state index in [1.54, 1.807) is 24.0 Å². The van der Waals surface area contributed by atoms with Gasteiger partial charge in [0, 0.05) is 13.1 Å². The van der Waals surface area contributed by atoms with Gasteiger partial charge in [0.15, 0.2) is 0 Å². The van der Waals surface area contributed by atoms with E-state index in [0.717, 1.165) is 18.4 Å². The highest BCUT2D eigenvalue weighted by molar-refractivity contribution is 7.89. The van der Waals surface area contributed by atoms with Gasteiger partial charge >= 0.3 is 0 Å². The van der Waals surface area contributed by atoms with Gasteiger partial charge in [-0.3, -0.25) is 4.79 Å². The lowest BCUT2D eigenvalue weighted by Gasteiger charge is -2.26. The fourth-order valence-electron chi connectivity index (χ4n) is 2.83. The maximum Gasteiger partial charge on any atom is 0.241 e. The summed E-state index contributed by atoms with van der Waals surface area (Å²) in [6.07, 6.45) is 1.97. The lowest BCUT2D eigenvalue weighted by molar-refractivity contribution is -0.132. The molecule has 23 heavy (non-hydrogen) atoms. The molecule has 0 radical (unpaired) electrons. The van der Waals surface area contributed by atoms with Crippen LogP contribution in [0, 0.1) is 19.8 Å². The highest BCUT2D eigenvalue weighted by atomic mass is 32.2. The molecule has 0 aromatic heterocycles. The lowest BCUT2D eigenvalue weighted by Crippen LogP contribution is -2.50. The normalized spacial score (nSPS) is 16.8. The van der Waals surface area contributed by atoms with Crippen LogP contribution in [0.4, 0.5) is 0 Å². The molecular formula is C17H26N2O3S. The van der Waals surface area contributed by atoms with Crippen molar-refractivity contribution in [1.82, 2.24) is 9.62 Å². The Hall–Kier alpha value is -1.40. The minimum atomic E-state index is -3.73. The van der Waals surface area contributed by atoms with Gasteiger partial charge in [-0.25, -0.2) is 8.42 Å². The van der Waals surface area contributed by atoms with Crippen LogP contribution in [0.25, 0.3) is 0 Å². The molecule has 1 atom stereocenters. The maximum absolute atomic E-state index is 12.8. The molecule has 0 aliphatic carbocycles. The van der Waals surface area contributed by atoms with Crippen molar-refractivity contribution in [1.29, 1.82) is 0 Å². The Morgan fingerprint density at radius 2 is 1.78 bits per heavy atom. The smallest absolute Gasteiger partial charge is 0.241 e. The third kappa shape index (κ3) is 4.12. The molecule has 1 aromatic carbocycles. The zero-order valence-corrected chi connectivity index (χ0v) is 15.1. The summed E-state index contributed by atoms with van der Waals surface area (Å²) < 4.78 is 28.1. The van der Waals surface area contributed by atoms with Crippen molar-refractivity contribution in [3.63, 3.8) is 0 Å². The summed E-state index contributed by atoms with van der Waals surface area (Å²) in [6.45, 7) is 8.78. The molecule has 2 rings (SSSR count). The van der Waals surface area contributed by atoms with Crippen LogP contribution in [-0.2, 0) is 14.8 Å². The molecule has 0 saturated carbocycles. The molecule has 1 aliphatic heterocycles. The van der Waals surface area contributed by atoms with Crippen molar-refractivity contribution in [2.45, 2.75) is 51.5 Å². The Morgan fingerprint density at radius 3 is 2.35 bits per heavy atom. The van der Waals surface area contributed by atoms with Crippen LogP contribution in [0.15, 0.2) is 23.1 Å². The summed E-state index contributed by atoms with van der Waals surface area (Å²) in [7, 11) is -3.73. The van der Waals surface area contributed by atoms with Crippen LogP contribution in [0.1, 0.15) is 37.8 Å². The summed E-state index contributed by atoms with van der Waals surface area (Å²) in [6, 6.07) is 4.59. The molecule has 0 bridgehead atoms. The first-order valence-corrected chi connectivity index (χ1v) is 9.59. The van der Waals surface area contributed by atoms with Crippen molar-refractivity contribution < 1.29 is 13.2 Å². The third-order valence-corrected chi connectivity index (χ3v) is 5.85. The number of benzene rings is 1. The molecule has 1 heterocycles. The predicted molar refractivity (Wildman–Crippen MR) is 90.7 cm³/mol. The molecule has 6 heteroatoms. The number of carbonyl (C=O) groups excluding carboxylic acids is 1. The van der Waals surface area contributed by atoms with Crippen molar-refractivity contribution in [3.05, 3.63) is 29.3 Å². The third-order valence-electron chi connectivity index (χ3n) is 4.27. The first kappa shape index (κ1) is 17.9. The highest BCUT2D eigenvalue weighted by Crippen LogP contribution is 2.20. The molecule has 0 spiro atoms. The number of amides is 1. The number of nitrogens with one attached hydrogen (secondary N) is 1. The van der Waals surface area contributed by atoms with Crippen molar-refractivity contribution in [2.24, 2.45) is 5.92 Å². The lowest BCUT2D eigenvalue weighted by atomic mass is 10.0. The Bertz CT molecular complexity index is 677. The van der Waals surface area contributed by atoms with Gasteiger partial charge in [0.1, 0.15) is 6.04 Å². The fourth-order valence-corrected chi connectivity index (χ4v) is 4.50. The van der Waals surface area contributed by atoms with E-state index in [0.29, 0.717) is 18.7 Å². The van der Waals surface area contributed by atoms with Gasteiger partial charge in [-0.05, 0) is 49.8 Å². The van der Waals surface area contributed by atoms with Crippen LogP contribution in [0.2, 0.25) is 0 Å². The van der Waals surface area contributed by atoms with Gasteiger partial charge < -0.3 is 4.90 Å². The number of nitrogens with zero attached hydrogens (tertiary/aromatic N) is 1. The summed E-state index contributed by atoms with van der Waals surface area (Å²) >= 11 is 0. The highest BCUT2D eigenvalue weighted by Gasteiger charge is 2.33. The molecule has 5 nitrogen and oxygen atoms in total. The number of aryl methyl sites for hydroxylation is 2. The van der Waals surface area contributed by atoms with Crippen molar-refractivity contribution >= 4 is 15.9 Å². The van der Waals surface area contributed by atoms with Crippen LogP contribution in [-0.4, -0.2) is 38.4 Å². The van der Waals surface area contributed by atoms with Gasteiger partial charge in [0.2, 0.25) is 15.9 Å². The summed E-state index contributed by atoms with van der Waals surface area (Å²) in [5.41, 5.74) is 1.56. The van der Waals surface area contributed by atoms with E-state index in [-0.39, 0.29) is 16.7 Å². The van der Waals surface area contributed by atoms with E-state index in [1.807, 2.05) is 26.8 Å². The van der Waals surface area contributed by atoms with Crippen LogP contribution >= 0.6 is 0 Å². The fraction of sp³-hybridized carbons (Fsp3) is 0.588. The van der Waals surface area contributed by atoms with Gasteiger partial charge in [-0.2, -0.15) is 4.72 Å². The Labute approximate surface area is 139 Å². The first-order valence-electron chi connectivity index (χ1n) is 8.11. The first-order chi connectivity index (χ1) is 10.7. The molecule has 1 aliphatic rings. The Kier molecular flexibility index (Phi) is 5.47. The molecule has 128 valence electrons. The summed E-state index contributed by atoms with van der Waals surface area (Å²) in [4.78, 5) is 14.7. The number of hydrogen-bond acceptors (Lipinski definition) is 3. The zero-order chi connectivity index (χ0) is 17.2. The topological polar surface area (TPSA) is 66.5 Å². The predicted octanol–water partition coefficient (Wildman–Crippen LogP) is 2.23. The van der Waals surface area contributed by atoms with E-state index in [9.17, 15) is 13.2 Å². The summed E-state index contributed by atoms with van der Waals surface area (Å²) in [5.74, 6) is -0.227. The largest absolute Gasteiger partial charge is 0.341 e. The second-order valence-corrected chi connectivity index (χ2v) is 8.33. The van der Waals surface area contributed by atoms with Crippen molar-refractivity contribution in [3.8, 4) is 0 Å². The van der Waals surface area contributed by atoms with Gasteiger partial charge in [-0.15, -0.1) is 0 Å². The maximum atomic E-state index is 12.8. The second-order valence-electron chi connectivity index (χ2n) is 6.64. The quantitative estimate of drug-likeness (QED) is 0.895. The van der Waals surface area contributed by atoms with Crippen LogP contribution in [0.5, 0.6) is 0 Å². The van der Waals surface area contributed by atoms with E-state index in [1.165, 1.54) is 0 Å². The average Bonchev–Trinajstić information content (AvgIpc) is 3.00. The molecule has 1 N–H and O–H groups in total. The number of hydrogen-bond donors (Lipinski definition) is 1. The molecular weight excluding hydrogens is 312 g/mol. The van der Waals surface area contributed by atoms with Crippen molar-refractivity contribution in [2.75, 3.05) is 13.1 Å². The van der Waals surface area contributed by atoms with Crippen LogP contribution in [0.3, 0.4) is 0 Å². The van der Waals surface area contributed by atoms with Gasteiger partial charge in [0.25, 0.3) is 0 Å². The molecule has 0 unspecified atom stereocenters. The minimum Gasteiger partial charge on any atom is -0.341 e. The van der Waals surface area contributed by atoms with E-state index < -0.39 is 16.1 Å². The number of likely N-dealkylation sites (tertiary alicyclic amines) is 1. The molecule has 1 amide bonds. The molecule has 1 aromatic rings. The minimum absolute atomic E-state index is 0.108. The van der Waals surface area contributed by atoms with Gasteiger partial charge in [-0.1, -0.05) is 26.0 Å². The average molecular weight is 338 g/mol.